The molecule has 0 saturated heterocycles. The lowest BCUT2D eigenvalue weighted by Crippen LogP contribution is -2.22. The molecule has 1 aromatic carbocycles. The highest BCUT2D eigenvalue weighted by Crippen LogP contribution is 2.25. The normalized spacial score (nSPS) is 15.7. The maximum absolute atomic E-state index is 13.2. The summed E-state index contributed by atoms with van der Waals surface area (Å²) in [4.78, 5) is 16.4. The number of carbonyl (C=O) groups is 1. The van der Waals surface area contributed by atoms with E-state index in [0.29, 0.717) is 5.69 Å². The zero-order valence-corrected chi connectivity index (χ0v) is 13.1. The number of hydrogen-bond acceptors (Lipinski definition) is 4. The Morgan fingerprint density at radius 3 is 2.91 bits per heavy atom. The van der Waals surface area contributed by atoms with Gasteiger partial charge in [0.15, 0.2) is 0 Å². The van der Waals surface area contributed by atoms with E-state index in [0.717, 1.165) is 36.3 Å². The maximum Gasteiger partial charge on any atom is 0.312 e. The van der Waals surface area contributed by atoms with Gasteiger partial charge in [-0.05, 0) is 37.8 Å². The summed E-state index contributed by atoms with van der Waals surface area (Å²) in [5.41, 5.74) is 1.42. The fourth-order valence-corrected chi connectivity index (χ4v) is 3.52. The predicted octanol–water partition coefficient (Wildman–Crippen LogP) is 4.37. The Morgan fingerprint density at radius 2 is 2.14 bits per heavy atom. The summed E-state index contributed by atoms with van der Waals surface area (Å²) < 4.78 is 18.7. The molecule has 2 aromatic rings. The van der Waals surface area contributed by atoms with E-state index in [1.165, 1.54) is 29.9 Å². The van der Waals surface area contributed by atoms with Crippen molar-refractivity contribution in [3.8, 4) is 10.6 Å². The van der Waals surface area contributed by atoms with Crippen molar-refractivity contribution in [3.05, 3.63) is 41.2 Å². The van der Waals surface area contributed by atoms with Crippen LogP contribution in [0.15, 0.2) is 29.6 Å². The topological polar surface area (TPSA) is 39.2 Å². The summed E-state index contributed by atoms with van der Waals surface area (Å²) in [6.45, 7) is 0. The van der Waals surface area contributed by atoms with Crippen LogP contribution in [0.2, 0.25) is 0 Å². The third-order valence-electron chi connectivity index (χ3n) is 3.80. The molecule has 116 valence electrons. The molecule has 1 heterocycles. The van der Waals surface area contributed by atoms with Crippen molar-refractivity contribution < 1.29 is 13.9 Å². The van der Waals surface area contributed by atoms with Gasteiger partial charge in [-0.2, -0.15) is 0 Å². The summed E-state index contributed by atoms with van der Waals surface area (Å²) >= 11 is 1.41. The van der Waals surface area contributed by atoms with E-state index in [-0.39, 0.29) is 24.3 Å². The number of ether oxygens (including phenoxy) is 1. The van der Waals surface area contributed by atoms with Gasteiger partial charge >= 0.3 is 5.97 Å². The summed E-state index contributed by atoms with van der Waals surface area (Å²) in [7, 11) is 0. The van der Waals surface area contributed by atoms with Crippen LogP contribution in [0.1, 0.15) is 37.8 Å². The number of hydrogen-bond donors (Lipinski definition) is 0. The third-order valence-corrected chi connectivity index (χ3v) is 4.74. The van der Waals surface area contributed by atoms with Gasteiger partial charge in [-0.25, -0.2) is 9.37 Å². The fraction of sp³-hybridized carbons (Fsp3) is 0.412. The van der Waals surface area contributed by atoms with Crippen LogP contribution in [0.5, 0.6) is 0 Å². The Balaban J connectivity index is 1.60. The minimum absolute atomic E-state index is 0.0718. The average Bonchev–Trinajstić information content (AvgIpc) is 2.96. The van der Waals surface area contributed by atoms with Gasteiger partial charge in [0.25, 0.3) is 0 Å². The zero-order chi connectivity index (χ0) is 15.4. The second kappa shape index (κ2) is 7.01. The molecule has 5 heteroatoms. The van der Waals surface area contributed by atoms with E-state index in [2.05, 4.69) is 4.98 Å². The first-order chi connectivity index (χ1) is 10.7. The van der Waals surface area contributed by atoms with E-state index in [9.17, 15) is 9.18 Å². The fourth-order valence-electron chi connectivity index (χ4n) is 2.70. The third kappa shape index (κ3) is 3.91. The first-order valence-electron chi connectivity index (χ1n) is 7.60. The molecule has 0 unspecified atom stereocenters. The highest BCUT2D eigenvalue weighted by Gasteiger charge is 2.18. The first kappa shape index (κ1) is 15.2. The highest BCUT2D eigenvalue weighted by molar-refractivity contribution is 7.13. The molecule has 1 saturated carbocycles. The van der Waals surface area contributed by atoms with Gasteiger partial charge in [-0.3, -0.25) is 4.79 Å². The number of aromatic nitrogens is 1. The van der Waals surface area contributed by atoms with Crippen molar-refractivity contribution in [2.24, 2.45) is 0 Å². The summed E-state index contributed by atoms with van der Waals surface area (Å²) in [5, 5.41) is 2.56. The van der Waals surface area contributed by atoms with E-state index >= 15 is 0 Å². The molecule has 1 aliphatic carbocycles. The number of thiazole rings is 1. The number of nitrogens with zero attached hydrogens (tertiary/aromatic N) is 1. The summed E-state index contributed by atoms with van der Waals surface area (Å²) in [5.74, 6) is -0.506. The maximum atomic E-state index is 13.2. The number of esters is 1. The Morgan fingerprint density at radius 1 is 1.32 bits per heavy atom. The van der Waals surface area contributed by atoms with Gasteiger partial charge in [-0.1, -0.05) is 18.6 Å². The molecule has 0 amide bonds. The molecule has 3 nitrogen and oxygen atoms in total. The van der Waals surface area contributed by atoms with Crippen molar-refractivity contribution in [1.29, 1.82) is 0 Å². The molecule has 0 spiro atoms. The lowest BCUT2D eigenvalue weighted by Gasteiger charge is -2.21. The molecule has 0 aliphatic heterocycles. The lowest BCUT2D eigenvalue weighted by molar-refractivity contribution is -0.149. The van der Waals surface area contributed by atoms with Crippen LogP contribution in [-0.2, 0) is 16.0 Å². The Bertz CT molecular complexity index is 650. The standard InChI is InChI=1S/C17H18FNO2S/c18-13-6-4-5-12(9-13)17-19-14(11-22-17)10-16(20)21-15-7-2-1-3-8-15/h4-6,9,11,15H,1-3,7-8,10H2. The molecule has 0 N–H and O–H groups in total. The second-order valence-electron chi connectivity index (χ2n) is 5.58. The molecule has 1 aliphatic rings. The Kier molecular flexibility index (Phi) is 4.83. The molecule has 0 bridgehead atoms. The number of benzene rings is 1. The largest absolute Gasteiger partial charge is 0.462 e. The van der Waals surface area contributed by atoms with Crippen molar-refractivity contribution >= 4 is 17.3 Å². The van der Waals surface area contributed by atoms with Crippen LogP contribution >= 0.6 is 11.3 Å². The zero-order valence-electron chi connectivity index (χ0n) is 12.3. The van der Waals surface area contributed by atoms with Crippen molar-refractivity contribution in [2.75, 3.05) is 0 Å². The SMILES string of the molecule is O=C(Cc1csc(-c2cccc(F)c2)n1)OC1CCCCC1. The first-order valence-corrected chi connectivity index (χ1v) is 8.48. The Hall–Kier alpha value is -1.75. The quantitative estimate of drug-likeness (QED) is 0.786. The second-order valence-corrected chi connectivity index (χ2v) is 6.44. The number of halogens is 1. The van der Waals surface area contributed by atoms with E-state index in [4.69, 9.17) is 4.74 Å². The molecule has 1 aromatic heterocycles. The molecule has 1 fully saturated rings. The minimum Gasteiger partial charge on any atom is -0.462 e. The van der Waals surface area contributed by atoms with Crippen LogP contribution in [-0.4, -0.2) is 17.1 Å². The van der Waals surface area contributed by atoms with Gasteiger partial charge in [0.05, 0.1) is 12.1 Å². The Labute approximate surface area is 133 Å². The van der Waals surface area contributed by atoms with Gasteiger partial charge in [0, 0.05) is 10.9 Å². The van der Waals surface area contributed by atoms with Gasteiger partial charge in [0.1, 0.15) is 16.9 Å². The van der Waals surface area contributed by atoms with Gasteiger partial charge in [-0.15, -0.1) is 11.3 Å². The van der Waals surface area contributed by atoms with Gasteiger partial charge < -0.3 is 4.74 Å². The lowest BCUT2D eigenvalue weighted by atomic mass is 9.98. The number of rotatable bonds is 4. The monoisotopic (exact) mass is 319 g/mol. The van der Waals surface area contributed by atoms with Crippen LogP contribution in [0.4, 0.5) is 4.39 Å². The van der Waals surface area contributed by atoms with Crippen LogP contribution < -0.4 is 0 Å². The van der Waals surface area contributed by atoms with E-state index < -0.39 is 0 Å². The predicted molar refractivity (Wildman–Crippen MR) is 84.2 cm³/mol. The summed E-state index contributed by atoms with van der Waals surface area (Å²) in [6, 6.07) is 6.32. The molecular weight excluding hydrogens is 301 g/mol. The van der Waals surface area contributed by atoms with Gasteiger partial charge in [0.2, 0.25) is 0 Å². The van der Waals surface area contributed by atoms with Crippen LogP contribution in [0.25, 0.3) is 10.6 Å². The van der Waals surface area contributed by atoms with Crippen molar-refractivity contribution in [3.63, 3.8) is 0 Å². The molecule has 3 rings (SSSR count). The number of carbonyl (C=O) groups excluding carboxylic acids is 1. The average molecular weight is 319 g/mol. The van der Waals surface area contributed by atoms with Crippen molar-refractivity contribution in [1.82, 2.24) is 4.98 Å². The highest BCUT2D eigenvalue weighted by atomic mass is 32.1. The summed E-state index contributed by atoms with van der Waals surface area (Å²) in [6.07, 6.45) is 5.70. The van der Waals surface area contributed by atoms with E-state index in [1.54, 1.807) is 6.07 Å². The van der Waals surface area contributed by atoms with E-state index in [1.807, 2.05) is 11.4 Å². The van der Waals surface area contributed by atoms with Crippen LogP contribution in [0, 0.1) is 5.82 Å². The smallest absolute Gasteiger partial charge is 0.312 e. The molecular formula is C17H18FNO2S. The minimum atomic E-state index is -0.286. The molecule has 0 atom stereocenters. The molecule has 22 heavy (non-hydrogen) atoms. The molecule has 0 radical (unpaired) electrons. The van der Waals surface area contributed by atoms with Crippen molar-refractivity contribution in [2.45, 2.75) is 44.6 Å². The van der Waals surface area contributed by atoms with Crippen LogP contribution in [0.3, 0.4) is 0 Å².